The van der Waals surface area contributed by atoms with Gasteiger partial charge in [0.15, 0.2) is 11.5 Å². The summed E-state index contributed by atoms with van der Waals surface area (Å²) in [5, 5.41) is 2.91. The number of urea groups is 1. The predicted molar refractivity (Wildman–Crippen MR) is 111 cm³/mol. The zero-order chi connectivity index (χ0) is 21.4. The molecular formula is C23H29N3O5. The maximum Gasteiger partial charge on any atom is 0.327 e. The summed E-state index contributed by atoms with van der Waals surface area (Å²) >= 11 is 0. The van der Waals surface area contributed by atoms with Crippen molar-refractivity contribution >= 4 is 17.8 Å². The van der Waals surface area contributed by atoms with Crippen molar-refractivity contribution in [2.45, 2.75) is 70.0 Å². The first-order valence-corrected chi connectivity index (χ1v) is 11.4. The van der Waals surface area contributed by atoms with Gasteiger partial charge < -0.3 is 19.7 Å². The Bertz CT molecular complexity index is 882. The van der Waals surface area contributed by atoms with Gasteiger partial charge in [0.05, 0.1) is 5.92 Å². The lowest BCUT2D eigenvalue weighted by atomic mass is 9.90. The lowest BCUT2D eigenvalue weighted by Gasteiger charge is -2.45. The fourth-order valence-corrected chi connectivity index (χ4v) is 5.48. The highest BCUT2D eigenvalue weighted by Crippen LogP contribution is 2.38. The predicted octanol–water partition coefficient (Wildman–Crippen LogP) is 2.80. The van der Waals surface area contributed by atoms with Crippen molar-refractivity contribution in [3.8, 4) is 11.5 Å². The third kappa shape index (κ3) is 3.83. The Morgan fingerprint density at radius 1 is 1.00 bits per heavy atom. The van der Waals surface area contributed by atoms with E-state index in [0.717, 1.165) is 56.9 Å². The van der Waals surface area contributed by atoms with Gasteiger partial charge in [-0.25, -0.2) is 4.79 Å². The Hall–Kier alpha value is -2.77. The molecule has 166 valence electrons. The second-order valence-electron chi connectivity index (χ2n) is 8.98. The lowest BCUT2D eigenvalue weighted by Crippen LogP contribution is -2.64. The van der Waals surface area contributed by atoms with Gasteiger partial charge in [-0.15, -0.1) is 0 Å². The van der Waals surface area contributed by atoms with E-state index in [1.165, 1.54) is 4.90 Å². The molecule has 0 spiro atoms. The van der Waals surface area contributed by atoms with Crippen molar-refractivity contribution in [2.75, 3.05) is 13.3 Å². The molecule has 8 heteroatoms. The molecule has 1 saturated heterocycles. The molecule has 31 heavy (non-hydrogen) atoms. The van der Waals surface area contributed by atoms with Crippen LogP contribution in [0, 0.1) is 5.92 Å². The number of benzene rings is 1. The maximum absolute atomic E-state index is 13.3. The van der Waals surface area contributed by atoms with E-state index in [4.69, 9.17) is 9.47 Å². The number of amides is 4. The number of hydrogen-bond donors (Lipinski definition) is 1. The number of hydrogen-bond acceptors (Lipinski definition) is 5. The molecule has 2 saturated carbocycles. The molecule has 1 N–H and O–H groups in total. The monoisotopic (exact) mass is 427 g/mol. The van der Waals surface area contributed by atoms with Gasteiger partial charge in [-0.05, 0) is 43.4 Å². The molecule has 2 unspecified atom stereocenters. The van der Waals surface area contributed by atoms with Gasteiger partial charge in [0.1, 0.15) is 6.54 Å². The molecule has 1 aromatic carbocycles. The largest absolute Gasteiger partial charge is 0.454 e. The third-order valence-electron chi connectivity index (χ3n) is 7.07. The summed E-state index contributed by atoms with van der Waals surface area (Å²) in [4.78, 5) is 42.3. The Morgan fingerprint density at radius 3 is 2.65 bits per heavy atom. The molecule has 0 radical (unpaired) electrons. The lowest BCUT2D eigenvalue weighted by molar-refractivity contribution is -0.142. The molecule has 2 aliphatic heterocycles. The van der Waals surface area contributed by atoms with Gasteiger partial charge >= 0.3 is 6.03 Å². The van der Waals surface area contributed by atoms with Crippen LogP contribution in [-0.4, -0.2) is 53.1 Å². The zero-order valence-electron chi connectivity index (χ0n) is 17.7. The number of carbonyl (C=O) groups excluding carboxylic acids is 3. The Morgan fingerprint density at radius 2 is 1.81 bits per heavy atom. The fourth-order valence-electron chi connectivity index (χ4n) is 5.48. The second-order valence-corrected chi connectivity index (χ2v) is 8.98. The van der Waals surface area contributed by atoms with Crippen molar-refractivity contribution < 1.29 is 23.9 Å². The van der Waals surface area contributed by atoms with Crippen molar-refractivity contribution in [1.29, 1.82) is 0 Å². The Balaban J connectivity index is 1.26. The van der Waals surface area contributed by atoms with Crippen LogP contribution < -0.4 is 14.8 Å². The van der Waals surface area contributed by atoms with Crippen molar-refractivity contribution in [1.82, 2.24) is 15.1 Å². The number of carbonyl (C=O) groups is 3. The summed E-state index contributed by atoms with van der Waals surface area (Å²) in [6, 6.07) is 5.11. The maximum atomic E-state index is 13.3. The number of ether oxygens (including phenoxy) is 2. The molecule has 1 aromatic rings. The fraction of sp³-hybridized carbons (Fsp3) is 0.609. The molecule has 2 atom stereocenters. The number of imide groups is 1. The van der Waals surface area contributed by atoms with Gasteiger partial charge in [-0.2, -0.15) is 0 Å². The normalized spacial score (nSPS) is 25.7. The number of rotatable bonds is 5. The van der Waals surface area contributed by atoms with E-state index < -0.39 is 0 Å². The van der Waals surface area contributed by atoms with Crippen molar-refractivity contribution in [3.05, 3.63) is 23.8 Å². The van der Waals surface area contributed by atoms with E-state index in [2.05, 4.69) is 5.32 Å². The highest BCUT2D eigenvalue weighted by Gasteiger charge is 2.50. The van der Waals surface area contributed by atoms with E-state index in [1.54, 1.807) is 4.90 Å². The minimum Gasteiger partial charge on any atom is -0.454 e. The first kappa shape index (κ1) is 20.2. The smallest absolute Gasteiger partial charge is 0.327 e. The Kier molecular flexibility index (Phi) is 5.46. The molecule has 5 rings (SSSR count). The zero-order valence-corrected chi connectivity index (χ0v) is 17.7. The van der Waals surface area contributed by atoms with Crippen LogP contribution in [0.5, 0.6) is 11.5 Å². The van der Waals surface area contributed by atoms with E-state index in [-0.39, 0.29) is 49.2 Å². The van der Waals surface area contributed by atoms with Gasteiger partial charge in [-0.3, -0.25) is 14.5 Å². The van der Waals surface area contributed by atoms with E-state index in [0.29, 0.717) is 18.0 Å². The molecule has 2 heterocycles. The Labute approximate surface area is 181 Å². The second kappa shape index (κ2) is 8.40. The van der Waals surface area contributed by atoms with E-state index >= 15 is 0 Å². The van der Waals surface area contributed by atoms with Crippen LogP contribution in [0.4, 0.5) is 4.79 Å². The van der Waals surface area contributed by atoms with Gasteiger partial charge in [-0.1, -0.05) is 31.7 Å². The average Bonchev–Trinajstić information content (AvgIpc) is 3.45. The number of fused-ring (bicyclic) bond motifs is 2. The summed E-state index contributed by atoms with van der Waals surface area (Å²) in [6.45, 7) is 0.541. The molecule has 4 aliphatic rings. The van der Waals surface area contributed by atoms with Crippen LogP contribution >= 0.6 is 0 Å². The van der Waals surface area contributed by atoms with Crippen LogP contribution in [0.15, 0.2) is 18.2 Å². The van der Waals surface area contributed by atoms with Crippen LogP contribution in [-0.2, 0) is 16.1 Å². The molecule has 8 nitrogen and oxygen atoms in total. The SMILES string of the molecule is O=C(CN1C(=O)N(C2CCCCC2)C(=O)C2CCCC21)NCc1ccc2c(c1)OCO2. The molecule has 0 bridgehead atoms. The minimum atomic E-state index is -0.279. The van der Waals surface area contributed by atoms with Crippen LogP contribution in [0.3, 0.4) is 0 Å². The molecule has 4 amide bonds. The van der Waals surface area contributed by atoms with E-state index in [1.807, 2.05) is 18.2 Å². The van der Waals surface area contributed by atoms with Crippen LogP contribution in [0.1, 0.15) is 56.9 Å². The van der Waals surface area contributed by atoms with Gasteiger partial charge in [0, 0.05) is 18.6 Å². The number of nitrogens with one attached hydrogen (secondary N) is 1. The first-order valence-electron chi connectivity index (χ1n) is 11.4. The first-order chi connectivity index (χ1) is 15.1. The highest BCUT2D eigenvalue weighted by molar-refractivity contribution is 6.00. The summed E-state index contributed by atoms with van der Waals surface area (Å²) in [5.74, 6) is 0.981. The van der Waals surface area contributed by atoms with Crippen molar-refractivity contribution in [3.63, 3.8) is 0 Å². The summed E-state index contributed by atoms with van der Waals surface area (Å²) in [7, 11) is 0. The standard InChI is InChI=1S/C23H29N3O5/c27-21(24-12-15-9-10-19-20(11-15)31-14-30-19)13-25-18-8-4-7-17(18)22(28)26(23(25)29)16-5-2-1-3-6-16/h9-11,16-18H,1-8,12-14H2,(H,24,27). The van der Waals surface area contributed by atoms with Gasteiger partial charge in [0.25, 0.3) is 0 Å². The average molecular weight is 428 g/mol. The quantitative estimate of drug-likeness (QED) is 0.781. The molecular weight excluding hydrogens is 398 g/mol. The van der Waals surface area contributed by atoms with E-state index in [9.17, 15) is 14.4 Å². The summed E-state index contributed by atoms with van der Waals surface area (Å²) < 4.78 is 10.7. The molecule has 2 aliphatic carbocycles. The highest BCUT2D eigenvalue weighted by atomic mass is 16.7. The van der Waals surface area contributed by atoms with Crippen LogP contribution in [0.2, 0.25) is 0 Å². The molecule has 3 fully saturated rings. The van der Waals surface area contributed by atoms with Gasteiger partial charge in [0.2, 0.25) is 18.6 Å². The van der Waals surface area contributed by atoms with Crippen molar-refractivity contribution in [2.24, 2.45) is 5.92 Å². The molecule has 0 aromatic heterocycles. The summed E-state index contributed by atoms with van der Waals surface area (Å²) in [6.07, 6.45) is 7.51. The summed E-state index contributed by atoms with van der Waals surface area (Å²) in [5.41, 5.74) is 0.903. The topological polar surface area (TPSA) is 88.2 Å². The third-order valence-corrected chi connectivity index (χ3v) is 7.07. The minimum absolute atomic E-state index is 0.0128. The number of nitrogens with zero attached hydrogens (tertiary/aromatic N) is 2. The van der Waals surface area contributed by atoms with Crippen LogP contribution in [0.25, 0.3) is 0 Å².